The first-order valence-corrected chi connectivity index (χ1v) is 8.83. The minimum atomic E-state index is -0.888. The quantitative estimate of drug-likeness (QED) is 0.521. The van der Waals surface area contributed by atoms with Gasteiger partial charge in [-0.15, -0.1) is 0 Å². The van der Waals surface area contributed by atoms with Crippen LogP contribution in [0.3, 0.4) is 0 Å². The van der Waals surface area contributed by atoms with E-state index in [1.165, 1.54) is 30.9 Å². The Labute approximate surface area is 143 Å². The van der Waals surface area contributed by atoms with Gasteiger partial charge in [-0.1, -0.05) is 50.1 Å². The molecule has 2 aromatic rings. The van der Waals surface area contributed by atoms with E-state index in [-0.39, 0.29) is 5.75 Å². The summed E-state index contributed by atoms with van der Waals surface area (Å²) < 4.78 is 33.0. The van der Waals surface area contributed by atoms with Crippen molar-refractivity contribution in [2.75, 3.05) is 6.61 Å². The molecule has 0 heterocycles. The third kappa shape index (κ3) is 5.05. The van der Waals surface area contributed by atoms with Crippen molar-refractivity contribution in [3.8, 4) is 5.75 Å². The summed E-state index contributed by atoms with van der Waals surface area (Å²) in [6.45, 7) is 4.27. The molecule has 0 atom stereocenters. The van der Waals surface area contributed by atoms with Crippen molar-refractivity contribution in [2.45, 2.75) is 52.4 Å². The van der Waals surface area contributed by atoms with Gasteiger partial charge in [-0.05, 0) is 55.4 Å². The Bertz CT molecular complexity index is 635. The summed E-state index contributed by atoms with van der Waals surface area (Å²) in [4.78, 5) is 0. The van der Waals surface area contributed by atoms with E-state index in [0.717, 1.165) is 12.0 Å². The van der Waals surface area contributed by atoms with Crippen LogP contribution in [0, 0.1) is 11.6 Å². The molecule has 0 radical (unpaired) electrons. The zero-order chi connectivity index (χ0) is 17.4. The third-order valence-corrected chi connectivity index (χ3v) is 4.20. The van der Waals surface area contributed by atoms with E-state index in [1.807, 2.05) is 0 Å². The lowest BCUT2D eigenvalue weighted by Gasteiger charge is -2.09. The number of benzene rings is 2. The SMILES string of the molecule is CCCCCc1ccc(CCc2ccc(OCC)c(F)c2F)cc1. The Balaban J connectivity index is 1.94. The number of rotatable bonds is 9. The second-order valence-electron chi connectivity index (χ2n) is 6.06. The molecule has 0 unspecified atom stereocenters. The maximum Gasteiger partial charge on any atom is 0.200 e. The van der Waals surface area contributed by atoms with Gasteiger partial charge < -0.3 is 4.74 Å². The highest BCUT2D eigenvalue weighted by Crippen LogP contribution is 2.24. The van der Waals surface area contributed by atoms with Crippen LogP contribution in [0.2, 0.25) is 0 Å². The molecule has 2 rings (SSSR count). The van der Waals surface area contributed by atoms with Crippen molar-refractivity contribution in [1.29, 1.82) is 0 Å². The number of ether oxygens (including phenoxy) is 1. The lowest BCUT2D eigenvalue weighted by atomic mass is 10.0. The smallest absolute Gasteiger partial charge is 0.200 e. The Morgan fingerprint density at radius 1 is 0.750 bits per heavy atom. The van der Waals surface area contributed by atoms with Gasteiger partial charge in [0.1, 0.15) is 0 Å². The maximum absolute atomic E-state index is 14.1. The largest absolute Gasteiger partial charge is 0.491 e. The molecule has 130 valence electrons. The van der Waals surface area contributed by atoms with Crippen LogP contribution in [0.4, 0.5) is 8.78 Å². The van der Waals surface area contributed by atoms with Crippen molar-refractivity contribution in [2.24, 2.45) is 0 Å². The van der Waals surface area contributed by atoms with E-state index in [4.69, 9.17) is 4.74 Å². The van der Waals surface area contributed by atoms with E-state index in [9.17, 15) is 8.78 Å². The molecule has 0 fully saturated rings. The second-order valence-corrected chi connectivity index (χ2v) is 6.06. The molecule has 0 saturated heterocycles. The normalized spacial score (nSPS) is 10.8. The first kappa shape index (κ1) is 18.4. The van der Waals surface area contributed by atoms with Crippen molar-refractivity contribution >= 4 is 0 Å². The summed E-state index contributed by atoms with van der Waals surface area (Å²) in [5, 5.41) is 0. The molecule has 0 aliphatic rings. The molecule has 0 N–H and O–H groups in total. The maximum atomic E-state index is 14.1. The molecule has 0 amide bonds. The van der Waals surface area contributed by atoms with Crippen molar-refractivity contribution in [1.82, 2.24) is 0 Å². The van der Waals surface area contributed by atoms with E-state index >= 15 is 0 Å². The minimum Gasteiger partial charge on any atom is -0.491 e. The summed E-state index contributed by atoms with van der Waals surface area (Å²) in [5.41, 5.74) is 2.87. The van der Waals surface area contributed by atoms with Crippen LogP contribution in [0.25, 0.3) is 0 Å². The van der Waals surface area contributed by atoms with E-state index in [2.05, 4.69) is 31.2 Å². The molecule has 0 aliphatic heterocycles. The molecule has 3 heteroatoms. The van der Waals surface area contributed by atoms with Crippen molar-refractivity contribution < 1.29 is 13.5 Å². The highest BCUT2D eigenvalue weighted by atomic mass is 19.2. The zero-order valence-corrected chi connectivity index (χ0v) is 14.6. The van der Waals surface area contributed by atoms with Gasteiger partial charge in [-0.2, -0.15) is 4.39 Å². The highest BCUT2D eigenvalue weighted by molar-refractivity contribution is 5.32. The van der Waals surface area contributed by atoms with Gasteiger partial charge in [0, 0.05) is 0 Å². The number of halogens is 2. The first-order chi connectivity index (χ1) is 11.7. The fourth-order valence-corrected chi connectivity index (χ4v) is 2.76. The summed E-state index contributed by atoms with van der Waals surface area (Å²) in [5.74, 6) is -1.70. The van der Waals surface area contributed by atoms with Gasteiger partial charge in [-0.25, -0.2) is 4.39 Å². The summed E-state index contributed by atoms with van der Waals surface area (Å²) in [7, 11) is 0. The summed E-state index contributed by atoms with van der Waals surface area (Å²) in [6.07, 6.45) is 5.97. The Morgan fingerprint density at radius 3 is 2.04 bits per heavy atom. The molecule has 1 nitrogen and oxygen atoms in total. The summed E-state index contributed by atoms with van der Waals surface area (Å²) in [6, 6.07) is 11.6. The van der Waals surface area contributed by atoms with E-state index in [0.29, 0.717) is 25.0 Å². The Morgan fingerprint density at radius 2 is 1.42 bits per heavy atom. The molecule has 2 aromatic carbocycles. The van der Waals surface area contributed by atoms with Crippen LogP contribution >= 0.6 is 0 Å². The van der Waals surface area contributed by atoms with Gasteiger partial charge >= 0.3 is 0 Å². The number of hydrogen-bond acceptors (Lipinski definition) is 1. The molecule has 0 aromatic heterocycles. The number of aryl methyl sites for hydroxylation is 3. The van der Waals surface area contributed by atoms with Gasteiger partial charge in [0.25, 0.3) is 0 Å². The molecule has 24 heavy (non-hydrogen) atoms. The fourth-order valence-electron chi connectivity index (χ4n) is 2.76. The number of hydrogen-bond donors (Lipinski definition) is 0. The van der Waals surface area contributed by atoms with E-state index < -0.39 is 11.6 Å². The van der Waals surface area contributed by atoms with Gasteiger partial charge in [0.15, 0.2) is 11.6 Å². The first-order valence-electron chi connectivity index (χ1n) is 8.83. The second kappa shape index (κ2) is 9.41. The van der Waals surface area contributed by atoms with Gasteiger partial charge in [0.2, 0.25) is 5.82 Å². The third-order valence-electron chi connectivity index (χ3n) is 4.20. The Kier molecular flexibility index (Phi) is 7.23. The molecule has 0 bridgehead atoms. The monoisotopic (exact) mass is 332 g/mol. The standard InChI is InChI=1S/C21H26F2O/c1-3-5-6-7-16-8-10-17(11-9-16)12-13-18-14-15-19(24-4-2)21(23)20(18)22/h8-11,14-15H,3-7,12-13H2,1-2H3. The molecule has 0 aliphatic carbocycles. The van der Waals surface area contributed by atoms with Gasteiger partial charge in [-0.3, -0.25) is 0 Å². The topological polar surface area (TPSA) is 9.23 Å². The van der Waals surface area contributed by atoms with Crippen LogP contribution in [-0.2, 0) is 19.3 Å². The Hall–Kier alpha value is -1.90. The minimum absolute atomic E-state index is 0.0183. The number of unbranched alkanes of at least 4 members (excludes halogenated alkanes) is 2. The molecular weight excluding hydrogens is 306 g/mol. The van der Waals surface area contributed by atoms with Crippen LogP contribution in [-0.4, -0.2) is 6.61 Å². The average Bonchev–Trinajstić information content (AvgIpc) is 2.60. The van der Waals surface area contributed by atoms with Crippen LogP contribution < -0.4 is 4.74 Å². The van der Waals surface area contributed by atoms with E-state index in [1.54, 1.807) is 13.0 Å². The van der Waals surface area contributed by atoms with Crippen molar-refractivity contribution in [3.05, 3.63) is 64.7 Å². The lowest BCUT2D eigenvalue weighted by Crippen LogP contribution is -2.02. The lowest BCUT2D eigenvalue weighted by molar-refractivity contribution is 0.313. The van der Waals surface area contributed by atoms with Crippen LogP contribution in [0.15, 0.2) is 36.4 Å². The predicted molar refractivity (Wildman–Crippen MR) is 94.6 cm³/mol. The molecular formula is C21H26F2O. The molecule has 0 saturated carbocycles. The summed E-state index contributed by atoms with van der Waals surface area (Å²) >= 11 is 0. The fraction of sp³-hybridized carbons (Fsp3) is 0.429. The predicted octanol–water partition coefficient (Wildman–Crippen LogP) is 5.88. The average molecular weight is 332 g/mol. The highest BCUT2D eigenvalue weighted by Gasteiger charge is 2.14. The molecule has 0 spiro atoms. The van der Waals surface area contributed by atoms with Gasteiger partial charge in [0.05, 0.1) is 6.61 Å². The zero-order valence-electron chi connectivity index (χ0n) is 14.6. The van der Waals surface area contributed by atoms with Crippen LogP contribution in [0.5, 0.6) is 5.75 Å². The van der Waals surface area contributed by atoms with Crippen LogP contribution in [0.1, 0.15) is 49.8 Å². The van der Waals surface area contributed by atoms with Crippen molar-refractivity contribution in [3.63, 3.8) is 0 Å².